The van der Waals surface area contributed by atoms with E-state index in [0.717, 1.165) is 5.56 Å². The highest BCUT2D eigenvalue weighted by atomic mass is 19.1. The van der Waals surface area contributed by atoms with Gasteiger partial charge in [0.1, 0.15) is 11.3 Å². The molecule has 0 aliphatic carbocycles. The number of rotatable bonds is 2. The van der Waals surface area contributed by atoms with Crippen LogP contribution in [0, 0.1) is 12.7 Å². The number of nitrogens with zero attached hydrogens (tertiary/aromatic N) is 1. The van der Waals surface area contributed by atoms with Gasteiger partial charge in [-0.05, 0) is 30.7 Å². The average molecular weight is 253 g/mol. The molecule has 0 amide bonds. The molecule has 0 radical (unpaired) electrons. The second kappa shape index (κ2) is 4.69. The maximum Gasteiger partial charge on any atom is 0.220 e. The van der Waals surface area contributed by atoms with Gasteiger partial charge in [-0.3, -0.25) is 0 Å². The highest BCUT2D eigenvalue weighted by molar-refractivity contribution is 5.76. The SMILES string of the molecule is Cc1ccc(/C=C/c2nc3cc(F)ccc3o2)cc1. The van der Waals surface area contributed by atoms with E-state index >= 15 is 0 Å². The van der Waals surface area contributed by atoms with E-state index in [9.17, 15) is 4.39 Å². The second-order valence-electron chi connectivity index (χ2n) is 4.41. The third-order valence-corrected chi connectivity index (χ3v) is 2.86. The van der Waals surface area contributed by atoms with Gasteiger partial charge >= 0.3 is 0 Å². The van der Waals surface area contributed by atoms with Crippen molar-refractivity contribution < 1.29 is 8.81 Å². The fraction of sp³-hybridized carbons (Fsp3) is 0.0625. The first-order valence-corrected chi connectivity index (χ1v) is 6.01. The smallest absolute Gasteiger partial charge is 0.220 e. The van der Waals surface area contributed by atoms with Crippen molar-refractivity contribution in [3.8, 4) is 0 Å². The van der Waals surface area contributed by atoms with Gasteiger partial charge in [0.15, 0.2) is 5.58 Å². The largest absolute Gasteiger partial charge is 0.437 e. The topological polar surface area (TPSA) is 26.0 Å². The van der Waals surface area contributed by atoms with E-state index in [4.69, 9.17) is 4.42 Å². The molecule has 3 heteroatoms. The number of aryl methyl sites for hydroxylation is 1. The number of hydrogen-bond donors (Lipinski definition) is 0. The Kier molecular flexibility index (Phi) is 2.88. The van der Waals surface area contributed by atoms with Crippen LogP contribution >= 0.6 is 0 Å². The summed E-state index contributed by atoms with van der Waals surface area (Å²) in [4.78, 5) is 4.21. The normalized spacial score (nSPS) is 11.5. The van der Waals surface area contributed by atoms with Gasteiger partial charge in [-0.2, -0.15) is 0 Å². The summed E-state index contributed by atoms with van der Waals surface area (Å²) >= 11 is 0. The van der Waals surface area contributed by atoms with Crippen molar-refractivity contribution in [2.75, 3.05) is 0 Å². The van der Waals surface area contributed by atoms with Crippen LogP contribution in [0.1, 0.15) is 17.0 Å². The van der Waals surface area contributed by atoms with Crippen molar-refractivity contribution in [3.05, 3.63) is 65.3 Å². The Bertz CT molecular complexity index is 741. The predicted octanol–water partition coefficient (Wildman–Crippen LogP) is 4.45. The maximum atomic E-state index is 13.0. The molecule has 3 rings (SSSR count). The summed E-state index contributed by atoms with van der Waals surface area (Å²) in [5.74, 6) is 0.163. The second-order valence-corrected chi connectivity index (χ2v) is 4.41. The lowest BCUT2D eigenvalue weighted by Crippen LogP contribution is -1.74. The number of oxazole rings is 1. The molecule has 0 aliphatic heterocycles. The summed E-state index contributed by atoms with van der Waals surface area (Å²) in [7, 11) is 0. The lowest BCUT2D eigenvalue weighted by atomic mass is 10.1. The monoisotopic (exact) mass is 253 g/mol. The van der Waals surface area contributed by atoms with Gasteiger partial charge in [-0.15, -0.1) is 0 Å². The molecule has 0 atom stereocenters. The number of fused-ring (bicyclic) bond motifs is 1. The van der Waals surface area contributed by atoms with E-state index in [0.29, 0.717) is 17.0 Å². The van der Waals surface area contributed by atoms with Crippen LogP contribution < -0.4 is 0 Å². The number of benzene rings is 2. The molecule has 1 aromatic heterocycles. The minimum atomic E-state index is -0.310. The first-order chi connectivity index (χ1) is 9.20. The molecule has 94 valence electrons. The molecule has 0 saturated carbocycles. The summed E-state index contributed by atoms with van der Waals surface area (Å²) in [5, 5.41) is 0. The van der Waals surface area contributed by atoms with Crippen LogP contribution in [0.2, 0.25) is 0 Å². The molecule has 2 aromatic carbocycles. The van der Waals surface area contributed by atoms with Gasteiger partial charge < -0.3 is 4.42 Å². The van der Waals surface area contributed by atoms with Crippen LogP contribution in [0.15, 0.2) is 46.9 Å². The summed E-state index contributed by atoms with van der Waals surface area (Å²) < 4.78 is 18.5. The summed E-state index contributed by atoms with van der Waals surface area (Å²) in [6.45, 7) is 2.04. The molecule has 3 aromatic rings. The molecular formula is C16H12FNO. The van der Waals surface area contributed by atoms with E-state index in [2.05, 4.69) is 4.98 Å². The number of aromatic nitrogens is 1. The van der Waals surface area contributed by atoms with E-state index in [1.165, 1.54) is 17.7 Å². The van der Waals surface area contributed by atoms with Crippen LogP contribution in [-0.4, -0.2) is 4.98 Å². The zero-order chi connectivity index (χ0) is 13.2. The van der Waals surface area contributed by atoms with E-state index in [1.54, 1.807) is 12.1 Å². The zero-order valence-electron chi connectivity index (χ0n) is 10.4. The predicted molar refractivity (Wildman–Crippen MR) is 74.1 cm³/mol. The van der Waals surface area contributed by atoms with Gasteiger partial charge in [-0.25, -0.2) is 9.37 Å². The Morgan fingerprint density at radius 2 is 1.84 bits per heavy atom. The highest BCUT2D eigenvalue weighted by Crippen LogP contribution is 2.18. The standard InChI is InChI=1S/C16H12FNO/c1-11-2-4-12(5-3-11)6-9-16-18-14-10-13(17)7-8-15(14)19-16/h2-10H,1H3/b9-6+. The highest BCUT2D eigenvalue weighted by Gasteiger charge is 2.03. The van der Waals surface area contributed by atoms with Crippen LogP contribution in [0.3, 0.4) is 0 Å². The minimum Gasteiger partial charge on any atom is -0.437 e. The van der Waals surface area contributed by atoms with Gasteiger partial charge in [-0.1, -0.05) is 29.8 Å². The molecule has 0 spiro atoms. The van der Waals surface area contributed by atoms with Crippen LogP contribution in [-0.2, 0) is 0 Å². The van der Waals surface area contributed by atoms with Crippen molar-refractivity contribution in [2.24, 2.45) is 0 Å². The first-order valence-electron chi connectivity index (χ1n) is 6.01. The quantitative estimate of drug-likeness (QED) is 0.674. The molecule has 0 N–H and O–H groups in total. The lowest BCUT2D eigenvalue weighted by Gasteiger charge is -1.93. The van der Waals surface area contributed by atoms with Gasteiger partial charge in [0.25, 0.3) is 0 Å². The maximum absolute atomic E-state index is 13.0. The molecular weight excluding hydrogens is 241 g/mol. The first kappa shape index (κ1) is 11.7. The fourth-order valence-corrected chi connectivity index (χ4v) is 1.83. The Morgan fingerprint density at radius 3 is 2.63 bits per heavy atom. The van der Waals surface area contributed by atoms with Crippen molar-refractivity contribution in [1.82, 2.24) is 4.98 Å². The van der Waals surface area contributed by atoms with Gasteiger partial charge in [0.2, 0.25) is 5.89 Å². The van der Waals surface area contributed by atoms with Gasteiger partial charge in [0, 0.05) is 12.1 Å². The van der Waals surface area contributed by atoms with Crippen LogP contribution in [0.4, 0.5) is 4.39 Å². The minimum absolute atomic E-state index is 0.310. The Balaban J connectivity index is 1.90. The van der Waals surface area contributed by atoms with Crippen molar-refractivity contribution in [3.63, 3.8) is 0 Å². The summed E-state index contributed by atoms with van der Waals surface area (Å²) in [6.07, 6.45) is 3.70. The van der Waals surface area contributed by atoms with Crippen LogP contribution in [0.5, 0.6) is 0 Å². The third-order valence-electron chi connectivity index (χ3n) is 2.86. The average Bonchev–Trinajstić information content (AvgIpc) is 2.80. The molecule has 2 nitrogen and oxygen atoms in total. The summed E-state index contributed by atoms with van der Waals surface area (Å²) in [5.41, 5.74) is 3.40. The molecule has 19 heavy (non-hydrogen) atoms. The molecule has 1 heterocycles. The molecule has 0 bridgehead atoms. The van der Waals surface area contributed by atoms with E-state index < -0.39 is 0 Å². The number of hydrogen-bond acceptors (Lipinski definition) is 2. The van der Waals surface area contributed by atoms with Crippen molar-refractivity contribution >= 4 is 23.3 Å². The Labute approximate surface area is 110 Å². The summed E-state index contributed by atoms with van der Waals surface area (Å²) in [6, 6.07) is 12.4. The molecule has 0 unspecified atom stereocenters. The van der Waals surface area contributed by atoms with Crippen molar-refractivity contribution in [2.45, 2.75) is 6.92 Å². The molecule has 0 saturated heterocycles. The van der Waals surface area contributed by atoms with Crippen molar-refractivity contribution in [1.29, 1.82) is 0 Å². The van der Waals surface area contributed by atoms with E-state index in [1.807, 2.05) is 37.3 Å². The molecule has 0 aliphatic rings. The third kappa shape index (κ3) is 2.55. The Morgan fingerprint density at radius 1 is 1.05 bits per heavy atom. The lowest BCUT2D eigenvalue weighted by molar-refractivity contribution is 0.588. The van der Waals surface area contributed by atoms with E-state index in [-0.39, 0.29) is 5.82 Å². The number of halogens is 1. The van der Waals surface area contributed by atoms with Gasteiger partial charge in [0.05, 0.1) is 0 Å². The zero-order valence-corrected chi connectivity index (χ0v) is 10.4. The Hall–Kier alpha value is -2.42. The van der Waals surface area contributed by atoms with Crippen LogP contribution in [0.25, 0.3) is 23.3 Å². The molecule has 0 fully saturated rings. The fourth-order valence-electron chi connectivity index (χ4n) is 1.83.